The third-order valence-electron chi connectivity index (χ3n) is 5.34. The van der Waals surface area contributed by atoms with E-state index in [0.29, 0.717) is 19.1 Å². The molecule has 0 aromatic heterocycles. The first-order chi connectivity index (χ1) is 13.0. The summed E-state index contributed by atoms with van der Waals surface area (Å²) < 4.78 is 5.43. The van der Waals surface area contributed by atoms with E-state index in [4.69, 9.17) is 4.74 Å². The first kappa shape index (κ1) is 20.4. The van der Waals surface area contributed by atoms with Crippen LogP contribution < -0.4 is 4.90 Å². The molecule has 0 N–H and O–H groups in total. The van der Waals surface area contributed by atoms with Crippen LogP contribution in [-0.4, -0.2) is 70.7 Å². The number of nitro benzene ring substituents is 1. The second-order valence-corrected chi connectivity index (χ2v) is 8.87. The number of anilines is 1. The lowest BCUT2D eigenvalue weighted by atomic mass is 10.0. The molecular weight excluding hydrogens is 360 g/mol. The Kier molecular flexibility index (Phi) is 5.52. The van der Waals surface area contributed by atoms with E-state index in [-0.39, 0.29) is 28.8 Å². The van der Waals surface area contributed by atoms with Gasteiger partial charge < -0.3 is 14.5 Å². The van der Waals surface area contributed by atoms with E-state index in [9.17, 15) is 14.9 Å². The monoisotopic (exact) mass is 390 g/mol. The fourth-order valence-corrected chi connectivity index (χ4v) is 4.08. The zero-order chi connectivity index (χ0) is 20.6. The first-order valence-corrected chi connectivity index (χ1v) is 9.80. The molecule has 0 saturated carbocycles. The van der Waals surface area contributed by atoms with Crippen molar-refractivity contribution in [1.82, 2.24) is 9.80 Å². The minimum atomic E-state index is -0.471. The SMILES string of the molecule is CC1CN(C2CN(C(=O)OC(C)(C)C)C2)CC(C)N1c1ccc([N+](=O)[O-])cc1. The van der Waals surface area contributed by atoms with Gasteiger partial charge in [0, 0.05) is 62.1 Å². The topological polar surface area (TPSA) is 79.2 Å². The van der Waals surface area contributed by atoms with Crippen molar-refractivity contribution in [2.24, 2.45) is 0 Å². The van der Waals surface area contributed by atoms with Crippen LogP contribution in [0, 0.1) is 10.1 Å². The molecule has 2 saturated heterocycles. The van der Waals surface area contributed by atoms with E-state index in [0.717, 1.165) is 18.8 Å². The van der Waals surface area contributed by atoms with Gasteiger partial charge >= 0.3 is 6.09 Å². The molecule has 2 aliphatic heterocycles. The van der Waals surface area contributed by atoms with E-state index in [1.165, 1.54) is 0 Å². The molecule has 2 heterocycles. The van der Waals surface area contributed by atoms with Gasteiger partial charge in [-0.1, -0.05) is 0 Å². The molecule has 8 heteroatoms. The van der Waals surface area contributed by atoms with Crippen molar-refractivity contribution in [3.05, 3.63) is 34.4 Å². The van der Waals surface area contributed by atoms with Crippen LogP contribution >= 0.6 is 0 Å². The van der Waals surface area contributed by atoms with Crippen LogP contribution in [0.15, 0.2) is 24.3 Å². The second-order valence-electron chi connectivity index (χ2n) is 8.87. The quantitative estimate of drug-likeness (QED) is 0.583. The molecule has 3 rings (SSSR count). The molecule has 1 amide bonds. The molecule has 28 heavy (non-hydrogen) atoms. The van der Waals surface area contributed by atoms with Gasteiger partial charge in [0.1, 0.15) is 5.60 Å². The molecule has 1 aromatic rings. The van der Waals surface area contributed by atoms with Gasteiger partial charge in [0.25, 0.3) is 5.69 Å². The van der Waals surface area contributed by atoms with Crippen LogP contribution in [-0.2, 0) is 4.74 Å². The van der Waals surface area contributed by atoms with E-state index in [1.54, 1.807) is 17.0 Å². The number of carbonyl (C=O) groups is 1. The zero-order valence-corrected chi connectivity index (χ0v) is 17.3. The zero-order valence-electron chi connectivity index (χ0n) is 17.3. The Labute approximate surface area is 166 Å². The molecule has 0 radical (unpaired) electrons. The van der Waals surface area contributed by atoms with E-state index in [1.807, 2.05) is 32.9 Å². The second kappa shape index (κ2) is 7.58. The third-order valence-corrected chi connectivity index (χ3v) is 5.34. The van der Waals surface area contributed by atoms with Crippen molar-refractivity contribution in [3.63, 3.8) is 0 Å². The molecule has 154 valence electrons. The lowest BCUT2D eigenvalue weighted by molar-refractivity contribution is -0.384. The number of piperazine rings is 1. The summed E-state index contributed by atoms with van der Waals surface area (Å²) in [6, 6.07) is 7.69. The normalized spacial score (nSPS) is 24.0. The van der Waals surface area contributed by atoms with Crippen LogP contribution in [0.1, 0.15) is 34.6 Å². The van der Waals surface area contributed by atoms with Crippen molar-refractivity contribution in [3.8, 4) is 0 Å². The number of rotatable bonds is 3. The molecule has 2 fully saturated rings. The average Bonchev–Trinajstić information content (AvgIpc) is 2.51. The van der Waals surface area contributed by atoms with Crippen LogP contribution in [0.3, 0.4) is 0 Å². The van der Waals surface area contributed by atoms with Gasteiger partial charge in [-0.05, 0) is 46.8 Å². The van der Waals surface area contributed by atoms with Gasteiger partial charge in [-0.3, -0.25) is 15.0 Å². The number of non-ortho nitro benzene ring substituents is 1. The highest BCUT2D eigenvalue weighted by Gasteiger charge is 2.41. The van der Waals surface area contributed by atoms with Gasteiger partial charge in [-0.2, -0.15) is 0 Å². The van der Waals surface area contributed by atoms with Crippen LogP contribution in [0.5, 0.6) is 0 Å². The fourth-order valence-electron chi connectivity index (χ4n) is 4.08. The maximum Gasteiger partial charge on any atom is 0.410 e. The Morgan fingerprint density at radius 2 is 1.61 bits per heavy atom. The number of hydrogen-bond acceptors (Lipinski definition) is 6. The number of carbonyl (C=O) groups excluding carboxylic acids is 1. The standard InChI is InChI=1S/C20H30N4O4/c1-14-10-21(18-12-22(13-18)19(25)28-20(3,4)5)11-15(2)23(14)16-6-8-17(9-7-16)24(26)27/h6-9,14-15,18H,10-13H2,1-5H3. The minimum Gasteiger partial charge on any atom is -0.444 e. The molecule has 0 aliphatic carbocycles. The van der Waals surface area contributed by atoms with Gasteiger partial charge in [-0.15, -0.1) is 0 Å². The van der Waals surface area contributed by atoms with Crippen LogP contribution in [0.2, 0.25) is 0 Å². The molecule has 2 atom stereocenters. The number of hydrogen-bond donors (Lipinski definition) is 0. The highest BCUT2D eigenvalue weighted by Crippen LogP contribution is 2.29. The summed E-state index contributed by atoms with van der Waals surface area (Å²) >= 11 is 0. The maximum absolute atomic E-state index is 12.1. The average molecular weight is 390 g/mol. The van der Waals surface area contributed by atoms with E-state index >= 15 is 0 Å². The number of nitro groups is 1. The van der Waals surface area contributed by atoms with Crippen molar-refractivity contribution in [2.45, 2.75) is 58.3 Å². The van der Waals surface area contributed by atoms with Gasteiger partial charge in [0.05, 0.1) is 4.92 Å². The van der Waals surface area contributed by atoms with Crippen molar-refractivity contribution >= 4 is 17.5 Å². The Morgan fingerprint density at radius 3 is 2.07 bits per heavy atom. The molecule has 1 aromatic carbocycles. The number of ether oxygens (including phenoxy) is 1. The molecular formula is C20H30N4O4. The Hall–Kier alpha value is -2.35. The fraction of sp³-hybridized carbons (Fsp3) is 0.650. The lowest BCUT2D eigenvalue weighted by Crippen LogP contribution is -2.67. The lowest BCUT2D eigenvalue weighted by Gasteiger charge is -2.52. The summed E-state index contributed by atoms with van der Waals surface area (Å²) in [5.74, 6) is 0. The molecule has 2 aliphatic rings. The van der Waals surface area contributed by atoms with E-state index in [2.05, 4.69) is 23.6 Å². The van der Waals surface area contributed by atoms with E-state index < -0.39 is 5.60 Å². The maximum atomic E-state index is 12.1. The van der Waals surface area contributed by atoms with Gasteiger partial charge in [0.2, 0.25) is 0 Å². The summed E-state index contributed by atoms with van der Waals surface area (Å²) in [4.78, 5) is 29.2. The number of likely N-dealkylation sites (tertiary alicyclic amines) is 1. The highest BCUT2D eigenvalue weighted by atomic mass is 16.6. The summed E-state index contributed by atoms with van der Waals surface area (Å²) in [7, 11) is 0. The van der Waals surface area contributed by atoms with Crippen LogP contribution in [0.25, 0.3) is 0 Å². The van der Waals surface area contributed by atoms with Crippen molar-refractivity contribution in [2.75, 3.05) is 31.1 Å². The summed E-state index contributed by atoms with van der Waals surface area (Å²) in [6.45, 7) is 13.2. The molecule has 2 unspecified atom stereocenters. The number of benzene rings is 1. The van der Waals surface area contributed by atoms with Crippen molar-refractivity contribution in [1.29, 1.82) is 0 Å². The van der Waals surface area contributed by atoms with Crippen molar-refractivity contribution < 1.29 is 14.5 Å². The minimum absolute atomic E-state index is 0.111. The Bertz CT molecular complexity index is 713. The third kappa shape index (κ3) is 4.38. The number of nitrogens with zero attached hydrogens (tertiary/aromatic N) is 4. The predicted octanol–water partition coefficient (Wildman–Crippen LogP) is 3.11. The largest absolute Gasteiger partial charge is 0.444 e. The molecule has 0 bridgehead atoms. The van der Waals surface area contributed by atoms with Gasteiger partial charge in [0.15, 0.2) is 0 Å². The predicted molar refractivity (Wildman–Crippen MR) is 108 cm³/mol. The van der Waals surface area contributed by atoms with Crippen LogP contribution in [0.4, 0.5) is 16.2 Å². The summed E-state index contributed by atoms with van der Waals surface area (Å²) in [5.41, 5.74) is 0.648. The number of amides is 1. The molecule has 8 nitrogen and oxygen atoms in total. The smallest absolute Gasteiger partial charge is 0.410 e. The summed E-state index contributed by atoms with van der Waals surface area (Å²) in [6.07, 6.45) is -0.241. The summed E-state index contributed by atoms with van der Waals surface area (Å²) in [5, 5.41) is 10.9. The Morgan fingerprint density at radius 1 is 1.07 bits per heavy atom. The first-order valence-electron chi connectivity index (χ1n) is 9.80. The van der Waals surface area contributed by atoms with Gasteiger partial charge in [-0.25, -0.2) is 4.79 Å². The molecule has 0 spiro atoms. The Balaban J connectivity index is 1.57. The highest BCUT2D eigenvalue weighted by molar-refractivity contribution is 5.69.